The summed E-state index contributed by atoms with van der Waals surface area (Å²) in [7, 11) is 1.75. The summed E-state index contributed by atoms with van der Waals surface area (Å²) in [5.74, 6) is 1.86. The minimum atomic E-state index is -0.276. The quantitative estimate of drug-likeness (QED) is 0.739. The number of aromatic nitrogens is 2. The Labute approximate surface area is 154 Å². The van der Waals surface area contributed by atoms with Crippen LogP contribution < -0.4 is 10.6 Å². The van der Waals surface area contributed by atoms with Crippen LogP contribution in [0, 0.1) is 13.8 Å². The van der Waals surface area contributed by atoms with E-state index in [-0.39, 0.29) is 17.7 Å². The molecule has 0 aliphatic carbocycles. The van der Waals surface area contributed by atoms with Gasteiger partial charge in [-0.15, -0.1) is 11.3 Å². The zero-order valence-corrected chi connectivity index (χ0v) is 15.4. The molecule has 134 valence electrons. The number of aryl methyl sites for hydroxylation is 3. The maximum absolute atomic E-state index is 12.7. The number of nitrogens with zero attached hydrogens (tertiary/aromatic N) is 2. The molecular formula is C18H18N4O3S. The van der Waals surface area contributed by atoms with Crippen LogP contribution >= 0.6 is 11.3 Å². The van der Waals surface area contributed by atoms with Crippen LogP contribution in [0.2, 0.25) is 0 Å². The first-order valence-corrected chi connectivity index (χ1v) is 9.10. The molecule has 4 rings (SSSR count). The summed E-state index contributed by atoms with van der Waals surface area (Å²) in [6, 6.07) is 5.66. The summed E-state index contributed by atoms with van der Waals surface area (Å²) in [4.78, 5) is 25.9. The molecule has 0 radical (unpaired) electrons. The van der Waals surface area contributed by atoms with E-state index in [0.717, 1.165) is 10.4 Å². The fourth-order valence-electron chi connectivity index (χ4n) is 3.35. The highest BCUT2D eigenvalue weighted by Crippen LogP contribution is 2.42. The van der Waals surface area contributed by atoms with E-state index in [1.807, 2.05) is 17.5 Å². The van der Waals surface area contributed by atoms with Gasteiger partial charge in [-0.05, 0) is 31.4 Å². The maximum Gasteiger partial charge on any atom is 0.260 e. The summed E-state index contributed by atoms with van der Waals surface area (Å²) in [6.07, 6.45) is 0.325. The van der Waals surface area contributed by atoms with Gasteiger partial charge < -0.3 is 15.1 Å². The van der Waals surface area contributed by atoms with Gasteiger partial charge in [0, 0.05) is 29.8 Å². The molecule has 26 heavy (non-hydrogen) atoms. The average Bonchev–Trinajstić information content (AvgIpc) is 3.28. The van der Waals surface area contributed by atoms with Crippen molar-refractivity contribution >= 4 is 34.8 Å². The first-order valence-electron chi connectivity index (χ1n) is 8.22. The zero-order valence-electron chi connectivity index (χ0n) is 14.6. The van der Waals surface area contributed by atoms with Gasteiger partial charge in [-0.2, -0.15) is 5.10 Å². The molecule has 3 aromatic heterocycles. The van der Waals surface area contributed by atoms with Gasteiger partial charge in [-0.1, -0.05) is 6.07 Å². The standard InChI is InChI=1S/C18H18N4O3S/c1-9-7-11(10(2)25-9)18(24)20-16-15-12(13-5-4-6-26-13)8-14(23)19-17(15)22(3)21-16/h4-7,12H,8H2,1-3H3,(H,19,23)(H,20,21,24)/t12-/m0/s1. The highest BCUT2D eigenvalue weighted by Gasteiger charge is 2.34. The lowest BCUT2D eigenvalue weighted by Gasteiger charge is -2.22. The lowest BCUT2D eigenvalue weighted by molar-refractivity contribution is -0.116. The van der Waals surface area contributed by atoms with Gasteiger partial charge >= 0.3 is 0 Å². The molecule has 2 amide bonds. The van der Waals surface area contributed by atoms with Crippen LogP contribution in [0.3, 0.4) is 0 Å². The third-order valence-corrected chi connectivity index (χ3v) is 5.47. The molecule has 7 nitrogen and oxygen atoms in total. The third-order valence-electron chi connectivity index (χ3n) is 4.48. The van der Waals surface area contributed by atoms with Crippen LogP contribution in [-0.4, -0.2) is 21.6 Å². The lowest BCUT2D eigenvalue weighted by Crippen LogP contribution is -2.24. The average molecular weight is 370 g/mol. The van der Waals surface area contributed by atoms with Crippen molar-refractivity contribution in [3.8, 4) is 0 Å². The fraction of sp³-hybridized carbons (Fsp3) is 0.278. The second-order valence-corrected chi connectivity index (χ2v) is 7.32. The molecule has 0 bridgehead atoms. The Morgan fingerprint density at radius 2 is 2.27 bits per heavy atom. The molecule has 0 saturated carbocycles. The smallest absolute Gasteiger partial charge is 0.260 e. The number of rotatable bonds is 3. The highest BCUT2D eigenvalue weighted by atomic mass is 32.1. The van der Waals surface area contributed by atoms with E-state index in [1.165, 1.54) is 0 Å². The molecule has 4 heterocycles. The Kier molecular flexibility index (Phi) is 3.91. The van der Waals surface area contributed by atoms with Crippen molar-refractivity contribution in [1.82, 2.24) is 9.78 Å². The molecule has 0 saturated heterocycles. The second-order valence-electron chi connectivity index (χ2n) is 6.34. The Morgan fingerprint density at radius 3 is 2.92 bits per heavy atom. The van der Waals surface area contributed by atoms with Crippen LogP contribution in [0.25, 0.3) is 0 Å². The van der Waals surface area contributed by atoms with Gasteiger partial charge in [-0.3, -0.25) is 14.3 Å². The highest BCUT2D eigenvalue weighted by molar-refractivity contribution is 7.10. The lowest BCUT2D eigenvalue weighted by atomic mass is 9.92. The Bertz CT molecular complexity index is 1000. The largest absolute Gasteiger partial charge is 0.466 e. The number of anilines is 2. The van der Waals surface area contributed by atoms with Crippen LogP contribution in [0.5, 0.6) is 0 Å². The van der Waals surface area contributed by atoms with Crippen LogP contribution in [0.15, 0.2) is 28.0 Å². The Balaban J connectivity index is 1.74. The third kappa shape index (κ3) is 2.72. The molecule has 0 fully saturated rings. The van der Waals surface area contributed by atoms with Crippen molar-refractivity contribution in [3.05, 3.63) is 51.1 Å². The maximum atomic E-state index is 12.7. The second kappa shape index (κ2) is 6.14. The van der Waals surface area contributed by atoms with Crippen LogP contribution in [-0.2, 0) is 11.8 Å². The van der Waals surface area contributed by atoms with Crippen molar-refractivity contribution in [2.45, 2.75) is 26.2 Å². The first-order chi connectivity index (χ1) is 12.4. The molecule has 2 N–H and O–H groups in total. The molecular weight excluding hydrogens is 352 g/mol. The monoisotopic (exact) mass is 370 g/mol. The Hall–Kier alpha value is -2.87. The van der Waals surface area contributed by atoms with Gasteiger partial charge in [0.1, 0.15) is 17.3 Å². The zero-order chi connectivity index (χ0) is 18.4. The van der Waals surface area contributed by atoms with Gasteiger partial charge in [-0.25, -0.2) is 0 Å². The number of fused-ring (bicyclic) bond motifs is 1. The molecule has 0 aromatic carbocycles. The fourth-order valence-corrected chi connectivity index (χ4v) is 4.18. The Morgan fingerprint density at radius 1 is 1.46 bits per heavy atom. The van der Waals surface area contributed by atoms with Gasteiger partial charge in [0.15, 0.2) is 5.82 Å². The number of hydrogen-bond donors (Lipinski definition) is 2. The predicted octanol–water partition coefficient (Wildman–Crippen LogP) is 3.42. The van der Waals surface area contributed by atoms with E-state index in [0.29, 0.717) is 35.1 Å². The number of furan rings is 1. The number of thiophene rings is 1. The summed E-state index contributed by atoms with van der Waals surface area (Å²) >= 11 is 1.59. The van der Waals surface area contributed by atoms with Gasteiger partial charge in [0.05, 0.1) is 5.56 Å². The van der Waals surface area contributed by atoms with Crippen molar-refractivity contribution in [2.75, 3.05) is 10.6 Å². The van der Waals surface area contributed by atoms with E-state index >= 15 is 0 Å². The number of carbonyl (C=O) groups is 2. The van der Waals surface area contributed by atoms with E-state index in [2.05, 4.69) is 15.7 Å². The summed E-state index contributed by atoms with van der Waals surface area (Å²) in [6.45, 7) is 3.55. The van der Waals surface area contributed by atoms with Gasteiger partial charge in [0.25, 0.3) is 5.91 Å². The van der Waals surface area contributed by atoms with Crippen LogP contribution in [0.1, 0.15) is 44.7 Å². The number of hydrogen-bond acceptors (Lipinski definition) is 5. The van der Waals surface area contributed by atoms with E-state index < -0.39 is 0 Å². The summed E-state index contributed by atoms with van der Waals surface area (Å²) in [5, 5.41) is 12.2. The molecule has 3 aromatic rings. The van der Waals surface area contributed by atoms with Crippen LogP contribution in [0.4, 0.5) is 11.6 Å². The summed E-state index contributed by atoms with van der Waals surface area (Å²) in [5.41, 5.74) is 1.31. The van der Waals surface area contributed by atoms with Gasteiger partial charge in [0.2, 0.25) is 5.91 Å². The van der Waals surface area contributed by atoms with Crippen molar-refractivity contribution < 1.29 is 14.0 Å². The minimum absolute atomic E-state index is 0.0573. The van der Waals surface area contributed by atoms with Crippen molar-refractivity contribution in [3.63, 3.8) is 0 Å². The van der Waals surface area contributed by atoms with E-state index in [9.17, 15) is 9.59 Å². The van der Waals surface area contributed by atoms with Crippen molar-refractivity contribution in [1.29, 1.82) is 0 Å². The number of nitrogens with one attached hydrogen (secondary N) is 2. The normalized spacial score (nSPS) is 16.3. The predicted molar refractivity (Wildman–Crippen MR) is 98.8 cm³/mol. The van der Waals surface area contributed by atoms with E-state index in [1.54, 1.807) is 43.0 Å². The van der Waals surface area contributed by atoms with Crippen molar-refractivity contribution in [2.24, 2.45) is 7.05 Å². The molecule has 1 aliphatic heterocycles. The first kappa shape index (κ1) is 16.6. The summed E-state index contributed by atoms with van der Waals surface area (Å²) < 4.78 is 7.04. The molecule has 1 aliphatic rings. The molecule has 0 spiro atoms. The number of carbonyl (C=O) groups excluding carboxylic acids is 2. The topological polar surface area (TPSA) is 89.2 Å². The SMILES string of the molecule is Cc1cc(C(=O)Nc2nn(C)c3c2[C@H](c2cccs2)CC(=O)N3)c(C)o1. The minimum Gasteiger partial charge on any atom is -0.466 e. The molecule has 1 atom stereocenters. The molecule has 8 heteroatoms. The molecule has 0 unspecified atom stereocenters. The van der Waals surface area contributed by atoms with E-state index in [4.69, 9.17) is 4.42 Å². The number of amides is 2.